The maximum atomic E-state index is 12.2. The molecule has 26 heavy (non-hydrogen) atoms. The summed E-state index contributed by atoms with van der Waals surface area (Å²) in [6, 6.07) is 17.5. The zero-order valence-electron chi connectivity index (χ0n) is 15.3. The van der Waals surface area contributed by atoms with Crippen LogP contribution in [0.1, 0.15) is 18.4 Å². The van der Waals surface area contributed by atoms with Crippen LogP contribution in [0.2, 0.25) is 0 Å². The number of carbonyl (C=O) groups is 1. The Balaban J connectivity index is 1.40. The monoisotopic (exact) mass is 353 g/mol. The minimum atomic E-state index is 0.0888. The average molecular weight is 353 g/mol. The summed E-state index contributed by atoms with van der Waals surface area (Å²) in [7, 11) is 0. The van der Waals surface area contributed by atoms with E-state index in [0.717, 1.165) is 31.9 Å². The van der Waals surface area contributed by atoms with Gasteiger partial charge in [-0.15, -0.1) is 0 Å². The van der Waals surface area contributed by atoms with Crippen LogP contribution in [0.25, 0.3) is 0 Å². The Hall–Kier alpha value is -2.53. The molecule has 1 atom stereocenters. The SMILES string of the molecule is C[C@H](CNC(=O)CN1CCN(c2ccc(O)cc2)CC1)c1ccccc1. The lowest BCUT2D eigenvalue weighted by molar-refractivity contribution is -0.122. The van der Waals surface area contributed by atoms with Crippen molar-refractivity contribution >= 4 is 11.6 Å². The molecule has 0 spiro atoms. The van der Waals surface area contributed by atoms with Crippen molar-refractivity contribution in [3.05, 3.63) is 60.2 Å². The van der Waals surface area contributed by atoms with E-state index in [-0.39, 0.29) is 11.7 Å². The molecule has 2 aromatic carbocycles. The van der Waals surface area contributed by atoms with E-state index in [2.05, 4.69) is 34.2 Å². The van der Waals surface area contributed by atoms with E-state index in [4.69, 9.17) is 0 Å². The second-order valence-corrected chi connectivity index (χ2v) is 6.90. The van der Waals surface area contributed by atoms with E-state index >= 15 is 0 Å². The number of nitrogens with one attached hydrogen (secondary N) is 1. The third-order valence-corrected chi connectivity index (χ3v) is 4.93. The summed E-state index contributed by atoms with van der Waals surface area (Å²) < 4.78 is 0. The summed E-state index contributed by atoms with van der Waals surface area (Å²) >= 11 is 0. The van der Waals surface area contributed by atoms with Gasteiger partial charge in [0.2, 0.25) is 5.91 Å². The summed E-state index contributed by atoms with van der Waals surface area (Å²) in [6.07, 6.45) is 0. The minimum absolute atomic E-state index is 0.0888. The number of nitrogens with zero attached hydrogens (tertiary/aromatic N) is 2. The Kier molecular flexibility index (Phi) is 6.12. The first-order valence-corrected chi connectivity index (χ1v) is 9.20. The number of anilines is 1. The number of rotatable bonds is 6. The van der Waals surface area contributed by atoms with Gasteiger partial charge in [0.05, 0.1) is 6.54 Å². The van der Waals surface area contributed by atoms with Crippen molar-refractivity contribution in [2.75, 3.05) is 44.2 Å². The Labute approximate surface area is 155 Å². The number of benzene rings is 2. The summed E-state index contributed by atoms with van der Waals surface area (Å²) in [4.78, 5) is 16.7. The van der Waals surface area contributed by atoms with E-state index in [9.17, 15) is 9.90 Å². The number of hydrogen-bond acceptors (Lipinski definition) is 4. The summed E-state index contributed by atoms with van der Waals surface area (Å²) in [5.41, 5.74) is 2.36. The molecule has 1 fully saturated rings. The molecule has 0 radical (unpaired) electrons. The quantitative estimate of drug-likeness (QED) is 0.838. The zero-order valence-corrected chi connectivity index (χ0v) is 15.3. The van der Waals surface area contributed by atoms with Crippen molar-refractivity contribution < 1.29 is 9.90 Å². The first-order valence-electron chi connectivity index (χ1n) is 9.20. The van der Waals surface area contributed by atoms with Gasteiger partial charge in [0.1, 0.15) is 5.75 Å². The number of phenols is 1. The second kappa shape index (κ2) is 8.72. The molecule has 1 heterocycles. The van der Waals surface area contributed by atoms with Crippen LogP contribution in [0.3, 0.4) is 0 Å². The number of aromatic hydroxyl groups is 1. The highest BCUT2D eigenvalue weighted by Gasteiger charge is 2.19. The molecule has 0 saturated carbocycles. The first-order chi connectivity index (χ1) is 12.6. The normalized spacial score (nSPS) is 16.3. The van der Waals surface area contributed by atoms with Gasteiger partial charge < -0.3 is 15.3 Å². The topological polar surface area (TPSA) is 55.8 Å². The van der Waals surface area contributed by atoms with Gasteiger partial charge in [-0.1, -0.05) is 37.3 Å². The fourth-order valence-electron chi connectivity index (χ4n) is 3.25. The maximum absolute atomic E-state index is 12.2. The van der Waals surface area contributed by atoms with Crippen molar-refractivity contribution in [2.24, 2.45) is 0 Å². The molecule has 5 heteroatoms. The number of carbonyl (C=O) groups excluding carboxylic acids is 1. The molecular formula is C21H27N3O2. The third kappa shape index (κ3) is 4.99. The van der Waals surface area contributed by atoms with E-state index < -0.39 is 0 Å². The van der Waals surface area contributed by atoms with Gasteiger partial charge in [-0.2, -0.15) is 0 Å². The third-order valence-electron chi connectivity index (χ3n) is 4.93. The molecule has 138 valence electrons. The van der Waals surface area contributed by atoms with Crippen molar-refractivity contribution in [2.45, 2.75) is 12.8 Å². The smallest absolute Gasteiger partial charge is 0.234 e. The summed E-state index contributed by atoms with van der Waals surface area (Å²) in [5, 5.41) is 12.4. The van der Waals surface area contributed by atoms with Gasteiger partial charge in [-0.3, -0.25) is 9.69 Å². The molecule has 5 nitrogen and oxygen atoms in total. The molecule has 0 aliphatic carbocycles. The molecule has 1 amide bonds. The molecule has 2 N–H and O–H groups in total. The molecule has 0 aromatic heterocycles. The molecule has 1 saturated heterocycles. The van der Waals surface area contributed by atoms with Crippen LogP contribution in [-0.4, -0.2) is 55.2 Å². The number of phenolic OH excluding ortho intramolecular Hbond substituents is 1. The van der Waals surface area contributed by atoms with Crippen LogP contribution in [0.4, 0.5) is 5.69 Å². The average Bonchev–Trinajstić information content (AvgIpc) is 2.68. The fourth-order valence-corrected chi connectivity index (χ4v) is 3.25. The molecule has 3 rings (SSSR count). The van der Waals surface area contributed by atoms with Crippen LogP contribution in [0.5, 0.6) is 5.75 Å². The summed E-state index contributed by atoms with van der Waals surface area (Å²) in [5.74, 6) is 0.686. The van der Waals surface area contributed by atoms with E-state index in [0.29, 0.717) is 19.0 Å². The predicted octanol–water partition coefficient (Wildman–Crippen LogP) is 2.43. The molecular weight excluding hydrogens is 326 g/mol. The minimum Gasteiger partial charge on any atom is -0.508 e. The Morgan fingerprint density at radius 1 is 1.04 bits per heavy atom. The van der Waals surface area contributed by atoms with Crippen molar-refractivity contribution in [3.63, 3.8) is 0 Å². The molecule has 1 aliphatic heterocycles. The standard InChI is InChI=1S/C21H27N3O2/c1-17(18-5-3-2-4-6-18)15-22-21(26)16-23-11-13-24(14-12-23)19-7-9-20(25)10-8-19/h2-10,17,25H,11-16H2,1H3,(H,22,26)/t17-/m1/s1. The predicted molar refractivity (Wildman–Crippen MR) is 105 cm³/mol. The van der Waals surface area contributed by atoms with Crippen molar-refractivity contribution in [3.8, 4) is 5.75 Å². The molecule has 0 bridgehead atoms. The van der Waals surface area contributed by atoms with Crippen LogP contribution < -0.4 is 10.2 Å². The van der Waals surface area contributed by atoms with Crippen LogP contribution in [0, 0.1) is 0 Å². The Morgan fingerprint density at radius 2 is 1.69 bits per heavy atom. The van der Waals surface area contributed by atoms with Crippen LogP contribution >= 0.6 is 0 Å². The van der Waals surface area contributed by atoms with Gasteiger partial charge >= 0.3 is 0 Å². The second-order valence-electron chi connectivity index (χ2n) is 6.90. The summed E-state index contributed by atoms with van der Waals surface area (Å²) in [6.45, 7) is 6.75. The first kappa shape index (κ1) is 18.3. The highest BCUT2D eigenvalue weighted by atomic mass is 16.3. The van der Waals surface area contributed by atoms with Gasteiger partial charge in [0, 0.05) is 38.4 Å². The van der Waals surface area contributed by atoms with Gasteiger partial charge in [-0.05, 0) is 35.7 Å². The van der Waals surface area contributed by atoms with E-state index in [1.54, 1.807) is 12.1 Å². The largest absolute Gasteiger partial charge is 0.508 e. The Morgan fingerprint density at radius 3 is 2.35 bits per heavy atom. The number of hydrogen-bond donors (Lipinski definition) is 2. The lowest BCUT2D eigenvalue weighted by atomic mass is 10.0. The van der Waals surface area contributed by atoms with Gasteiger partial charge in [-0.25, -0.2) is 0 Å². The van der Waals surface area contributed by atoms with Crippen molar-refractivity contribution in [1.29, 1.82) is 0 Å². The zero-order chi connectivity index (χ0) is 18.4. The van der Waals surface area contributed by atoms with Crippen molar-refractivity contribution in [1.82, 2.24) is 10.2 Å². The maximum Gasteiger partial charge on any atom is 0.234 e. The lowest BCUT2D eigenvalue weighted by Gasteiger charge is -2.35. The number of piperazine rings is 1. The number of amides is 1. The highest BCUT2D eigenvalue weighted by molar-refractivity contribution is 5.78. The van der Waals surface area contributed by atoms with Gasteiger partial charge in [0.15, 0.2) is 0 Å². The van der Waals surface area contributed by atoms with Crippen LogP contribution in [-0.2, 0) is 4.79 Å². The Bertz CT molecular complexity index is 695. The highest BCUT2D eigenvalue weighted by Crippen LogP contribution is 2.19. The molecule has 2 aromatic rings. The van der Waals surface area contributed by atoms with E-state index in [1.807, 2.05) is 30.3 Å². The van der Waals surface area contributed by atoms with Crippen LogP contribution in [0.15, 0.2) is 54.6 Å². The van der Waals surface area contributed by atoms with E-state index in [1.165, 1.54) is 5.56 Å². The fraction of sp³-hybridized carbons (Fsp3) is 0.381. The van der Waals surface area contributed by atoms with Gasteiger partial charge in [0.25, 0.3) is 0 Å². The molecule has 0 unspecified atom stereocenters. The molecule has 1 aliphatic rings. The lowest BCUT2D eigenvalue weighted by Crippen LogP contribution is -2.49.